The third-order valence-corrected chi connectivity index (χ3v) is 6.37. The van der Waals surface area contributed by atoms with Gasteiger partial charge < -0.3 is 19.7 Å². The largest absolute Gasteiger partial charge is 0.486 e. The zero-order chi connectivity index (χ0) is 29.6. The zero-order valence-electron chi connectivity index (χ0n) is 23.3. The van der Waals surface area contributed by atoms with E-state index in [1.807, 2.05) is 0 Å². The highest BCUT2D eigenvalue weighted by molar-refractivity contribution is 6.06. The molecule has 12 heteroatoms. The normalized spacial score (nSPS) is 16.9. The second-order valence-electron chi connectivity index (χ2n) is 10.8. The maximum atomic E-state index is 13.0. The number of hydrogen-bond donors (Lipinski definition) is 2. The van der Waals surface area contributed by atoms with E-state index >= 15 is 0 Å². The molecule has 2 aliphatic rings. The number of hydrogen-bond acceptors (Lipinski definition) is 9. The van der Waals surface area contributed by atoms with Crippen molar-refractivity contribution in [2.24, 2.45) is 10.2 Å². The molecule has 0 aliphatic carbocycles. The summed E-state index contributed by atoms with van der Waals surface area (Å²) < 4.78 is 10.7. The number of amides is 4. The molecule has 0 aromatic heterocycles. The molecule has 1 fully saturated rings. The topological polar surface area (TPSA) is 156 Å². The summed E-state index contributed by atoms with van der Waals surface area (Å²) in [5, 5.41) is 13.5. The number of rotatable bonds is 10. The summed E-state index contributed by atoms with van der Waals surface area (Å²) in [7, 11) is 0. The van der Waals surface area contributed by atoms with Crippen LogP contribution in [0, 0.1) is 0 Å². The third kappa shape index (κ3) is 7.96. The molecular weight excluding hydrogens is 530 g/mol. The minimum Gasteiger partial charge on any atom is -0.486 e. The number of carbonyl (C=O) groups is 5. The van der Waals surface area contributed by atoms with Crippen molar-refractivity contribution in [2.75, 3.05) is 13.2 Å². The van der Waals surface area contributed by atoms with Gasteiger partial charge in [0.05, 0.1) is 11.4 Å². The molecule has 0 radical (unpaired) electrons. The van der Waals surface area contributed by atoms with E-state index in [2.05, 4.69) is 20.9 Å². The highest BCUT2D eigenvalue weighted by Gasteiger charge is 2.39. The number of piperidine rings is 1. The van der Waals surface area contributed by atoms with Crippen molar-refractivity contribution in [3.8, 4) is 5.75 Å². The lowest BCUT2D eigenvalue weighted by molar-refractivity contribution is -0.137. The molecule has 12 nitrogen and oxygen atoms in total. The molecule has 4 amide bonds. The lowest BCUT2D eigenvalue weighted by Crippen LogP contribution is -2.52. The highest BCUT2D eigenvalue weighted by atomic mass is 16.6. The average Bonchev–Trinajstić information content (AvgIpc) is 3.25. The molecule has 2 aliphatic heterocycles. The third-order valence-electron chi connectivity index (χ3n) is 6.37. The predicted molar refractivity (Wildman–Crippen MR) is 147 cm³/mol. The van der Waals surface area contributed by atoms with Crippen LogP contribution in [-0.2, 0) is 25.7 Å². The van der Waals surface area contributed by atoms with E-state index in [4.69, 9.17) is 9.47 Å². The molecular formula is C29H33N5O7. The lowest BCUT2D eigenvalue weighted by Gasteiger charge is -2.29. The van der Waals surface area contributed by atoms with Gasteiger partial charge in [-0.25, -0.2) is 4.79 Å². The Bertz CT molecular complexity index is 1360. The van der Waals surface area contributed by atoms with Crippen molar-refractivity contribution >= 4 is 41.0 Å². The number of nitrogens with zero attached hydrogens (tertiary/aromatic N) is 3. The monoisotopic (exact) mass is 563 g/mol. The number of ether oxygens (including phenoxy) is 2. The SMILES string of the molecule is CC(C)(C)OC(=O)NCCCC(=O)COc1ccc(N=Nc2cccc3c2CN(C2CCC(=O)NC2=O)C3=O)cc1. The van der Waals surface area contributed by atoms with Crippen LogP contribution in [0.4, 0.5) is 16.2 Å². The van der Waals surface area contributed by atoms with Crippen LogP contribution in [0.25, 0.3) is 0 Å². The number of alkyl carbamates (subject to hydrolysis) is 1. The van der Waals surface area contributed by atoms with Crippen molar-refractivity contribution in [3.63, 3.8) is 0 Å². The Morgan fingerprint density at radius 1 is 1.07 bits per heavy atom. The Morgan fingerprint density at radius 2 is 1.83 bits per heavy atom. The van der Waals surface area contributed by atoms with Crippen molar-refractivity contribution in [1.29, 1.82) is 0 Å². The molecule has 1 saturated heterocycles. The Balaban J connectivity index is 1.26. The highest BCUT2D eigenvalue weighted by Crippen LogP contribution is 2.34. The van der Waals surface area contributed by atoms with Crippen LogP contribution in [0.5, 0.6) is 5.75 Å². The van der Waals surface area contributed by atoms with Crippen LogP contribution in [-0.4, -0.2) is 59.3 Å². The van der Waals surface area contributed by atoms with Crippen LogP contribution in [0.1, 0.15) is 62.4 Å². The molecule has 4 rings (SSSR count). The van der Waals surface area contributed by atoms with Crippen LogP contribution in [0.2, 0.25) is 0 Å². The molecule has 2 N–H and O–H groups in total. The van der Waals surface area contributed by atoms with Gasteiger partial charge in [-0.3, -0.25) is 24.5 Å². The fraction of sp³-hybridized carbons (Fsp3) is 0.414. The number of azo groups is 1. The molecule has 2 heterocycles. The Kier molecular flexibility index (Phi) is 9.10. The summed E-state index contributed by atoms with van der Waals surface area (Å²) >= 11 is 0. The lowest BCUT2D eigenvalue weighted by atomic mass is 10.0. The quantitative estimate of drug-likeness (QED) is 0.250. The summed E-state index contributed by atoms with van der Waals surface area (Å²) in [4.78, 5) is 62.0. The van der Waals surface area contributed by atoms with Crippen molar-refractivity contribution < 1.29 is 33.4 Å². The second-order valence-corrected chi connectivity index (χ2v) is 10.8. The van der Waals surface area contributed by atoms with Crippen LogP contribution < -0.4 is 15.4 Å². The number of imide groups is 1. The summed E-state index contributed by atoms with van der Waals surface area (Å²) in [6.45, 7) is 5.77. The first-order valence-corrected chi connectivity index (χ1v) is 13.4. The van der Waals surface area contributed by atoms with Gasteiger partial charge in [0.2, 0.25) is 11.8 Å². The van der Waals surface area contributed by atoms with E-state index in [1.165, 1.54) is 4.90 Å². The van der Waals surface area contributed by atoms with E-state index in [0.717, 1.165) is 0 Å². The van der Waals surface area contributed by atoms with E-state index < -0.39 is 23.6 Å². The molecule has 0 bridgehead atoms. The van der Waals surface area contributed by atoms with E-state index in [0.29, 0.717) is 41.2 Å². The van der Waals surface area contributed by atoms with Crippen molar-refractivity contribution in [3.05, 3.63) is 53.6 Å². The fourth-order valence-corrected chi connectivity index (χ4v) is 4.41. The Hall–Kier alpha value is -4.61. The standard InChI is InChI=1S/C29H33N5O7/c1-29(2,3)41-28(39)30-15-5-6-19(35)17-40-20-11-9-18(10-12-20)32-33-23-8-4-7-21-22(23)16-34(27(21)38)24-13-14-25(36)31-26(24)37/h4,7-12,24H,5-6,13-17H2,1-3H3,(H,30,39)(H,31,36,37). The molecule has 1 atom stereocenters. The number of fused-ring (bicyclic) bond motifs is 1. The van der Waals surface area contributed by atoms with Gasteiger partial charge >= 0.3 is 6.09 Å². The zero-order valence-corrected chi connectivity index (χ0v) is 23.3. The Labute approximate surface area is 237 Å². The number of Topliss-reactive ketones (excluding diaryl/α,β-unsaturated/α-hetero) is 1. The summed E-state index contributed by atoms with van der Waals surface area (Å²) in [5.41, 5.74) is 1.61. The predicted octanol–water partition coefficient (Wildman–Crippen LogP) is 4.12. The fourth-order valence-electron chi connectivity index (χ4n) is 4.41. The van der Waals surface area contributed by atoms with Gasteiger partial charge in [-0.05, 0) is 70.0 Å². The van der Waals surface area contributed by atoms with Gasteiger partial charge in [-0.2, -0.15) is 10.2 Å². The average molecular weight is 564 g/mol. The van der Waals surface area contributed by atoms with Crippen LogP contribution in [0.3, 0.4) is 0 Å². The van der Waals surface area contributed by atoms with Crippen molar-refractivity contribution in [1.82, 2.24) is 15.5 Å². The van der Waals surface area contributed by atoms with Gasteiger partial charge in [0.25, 0.3) is 5.91 Å². The number of nitrogens with one attached hydrogen (secondary N) is 2. The van der Waals surface area contributed by atoms with E-state index in [-0.39, 0.29) is 50.0 Å². The number of ketones is 1. The Morgan fingerprint density at radius 3 is 2.54 bits per heavy atom. The molecule has 0 saturated carbocycles. The van der Waals surface area contributed by atoms with Gasteiger partial charge in [0.15, 0.2) is 5.78 Å². The van der Waals surface area contributed by atoms with Gasteiger partial charge in [-0.15, -0.1) is 0 Å². The minimum atomic E-state index is -0.703. The van der Waals surface area contributed by atoms with Crippen molar-refractivity contribution in [2.45, 2.75) is 64.6 Å². The van der Waals surface area contributed by atoms with E-state index in [9.17, 15) is 24.0 Å². The number of benzene rings is 2. The molecule has 41 heavy (non-hydrogen) atoms. The maximum absolute atomic E-state index is 13.0. The van der Waals surface area contributed by atoms with Gasteiger partial charge in [0.1, 0.15) is 24.0 Å². The first-order valence-electron chi connectivity index (χ1n) is 13.4. The summed E-state index contributed by atoms with van der Waals surface area (Å²) in [6, 6.07) is 11.2. The molecule has 216 valence electrons. The summed E-state index contributed by atoms with van der Waals surface area (Å²) in [5.74, 6) is -0.682. The minimum absolute atomic E-state index is 0.0961. The first kappa shape index (κ1) is 29.4. The number of carbonyl (C=O) groups excluding carboxylic acids is 5. The van der Waals surface area contributed by atoms with Gasteiger partial charge in [-0.1, -0.05) is 6.07 Å². The maximum Gasteiger partial charge on any atom is 0.407 e. The van der Waals surface area contributed by atoms with Crippen LogP contribution >= 0.6 is 0 Å². The second kappa shape index (κ2) is 12.7. The molecule has 1 unspecified atom stereocenters. The molecule has 0 spiro atoms. The van der Waals surface area contributed by atoms with Gasteiger partial charge in [0, 0.05) is 37.1 Å². The molecule has 2 aromatic carbocycles. The van der Waals surface area contributed by atoms with Crippen LogP contribution in [0.15, 0.2) is 52.7 Å². The van der Waals surface area contributed by atoms with E-state index in [1.54, 1.807) is 63.2 Å². The smallest absolute Gasteiger partial charge is 0.407 e. The molecule has 2 aromatic rings. The first-order chi connectivity index (χ1) is 19.5. The summed E-state index contributed by atoms with van der Waals surface area (Å²) in [6.07, 6.45) is 0.683.